The Morgan fingerprint density at radius 3 is 2.52 bits per heavy atom. The van der Waals surface area contributed by atoms with Crippen LogP contribution in [0.5, 0.6) is 0 Å². The Morgan fingerprint density at radius 2 is 2.00 bits per heavy atom. The van der Waals surface area contributed by atoms with E-state index < -0.39 is 16.0 Å². The van der Waals surface area contributed by atoms with E-state index in [1.807, 2.05) is 0 Å². The van der Waals surface area contributed by atoms with Crippen LogP contribution in [0.15, 0.2) is 23.1 Å². The Balaban J connectivity index is 2.66. The summed E-state index contributed by atoms with van der Waals surface area (Å²) in [5, 5.41) is 8.76. The van der Waals surface area contributed by atoms with Gasteiger partial charge in [0.25, 0.3) is 0 Å². The second-order valence-electron chi connectivity index (χ2n) is 5.23. The number of hydrogen-bond acceptors (Lipinski definition) is 3. The highest BCUT2D eigenvalue weighted by Gasteiger charge is 2.17. The lowest BCUT2D eigenvalue weighted by Crippen LogP contribution is -2.25. The molecular weight excluding hydrogens is 314 g/mol. The van der Waals surface area contributed by atoms with Crippen LogP contribution in [0.3, 0.4) is 0 Å². The van der Waals surface area contributed by atoms with E-state index in [1.165, 1.54) is 12.1 Å². The summed E-state index contributed by atoms with van der Waals surface area (Å²) in [7, 11) is -3.65. The summed E-state index contributed by atoms with van der Waals surface area (Å²) in [6.45, 7) is 4.60. The van der Waals surface area contributed by atoms with Crippen molar-refractivity contribution in [2.45, 2.75) is 38.0 Å². The first-order valence-corrected chi connectivity index (χ1v) is 8.62. The summed E-state index contributed by atoms with van der Waals surface area (Å²) in [4.78, 5) is 10.8. The van der Waals surface area contributed by atoms with Gasteiger partial charge in [-0.3, -0.25) is 0 Å². The van der Waals surface area contributed by atoms with Crippen molar-refractivity contribution in [2.75, 3.05) is 6.54 Å². The molecule has 0 aromatic heterocycles. The summed E-state index contributed by atoms with van der Waals surface area (Å²) < 4.78 is 26.6. The smallest absolute Gasteiger partial charge is 0.337 e. The van der Waals surface area contributed by atoms with E-state index >= 15 is 0 Å². The highest BCUT2D eigenvalue weighted by Crippen LogP contribution is 2.20. The maximum atomic E-state index is 12.0. The summed E-state index contributed by atoms with van der Waals surface area (Å²) in [6, 6.07) is 3.59. The lowest BCUT2D eigenvalue weighted by Gasteiger charge is -2.09. The van der Waals surface area contributed by atoms with Crippen LogP contribution in [0.1, 0.15) is 43.5 Å². The molecule has 7 heteroatoms. The van der Waals surface area contributed by atoms with Gasteiger partial charge in [0.2, 0.25) is 10.0 Å². The van der Waals surface area contributed by atoms with Crippen LogP contribution >= 0.6 is 11.6 Å². The molecule has 0 bridgehead atoms. The zero-order valence-corrected chi connectivity index (χ0v) is 13.7. The monoisotopic (exact) mass is 333 g/mol. The molecule has 2 N–H and O–H groups in total. The molecule has 0 aliphatic carbocycles. The Hall–Kier alpha value is -1.11. The molecule has 1 rings (SSSR count). The minimum atomic E-state index is -3.65. The van der Waals surface area contributed by atoms with Crippen LogP contribution < -0.4 is 4.72 Å². The second-order valence-corrected chi connectivity index (χ2v) is 7.41. The van der Waals surface area contributed by atoms with E-state index in [9.17, 15) is 13.2 Å². The highest BCUT2D eigenvalue weighted by molar-refractivity contribution is 7.89. The maximum Gasteiger partial charge on any atom is 0.337 e. The molecule has 118 valence electrons. The quantitative estimate of drug-likeness (QED) is 0.716. The number of hydrogen-bond donors (Lipinski definition) is 2. The summed E-state index contributed by atoms with van der Waals surface area (Å²) >= 11 is 5.78. The van der Waals surface area contributed by atoms with Crippen LogP contribution in [0.4, 0.5) is 0 Å². The van der Waals surface area contributed by atoms with Gasteiger partial charge in [-0.1, -0.05) is 38.3 Å². The average Bonchev–Trinajstić information content (AvgIpc) is 2.37. The number of unbranched alkanes of at least 4 members (excludes halogenated alkanes) is 1. The number of sulfonamides is 1. The van der Waals surface area contributed by atoms with Crippen molar-refractivity contribution in [3.8, 4) is 0 Å². The third-order valence-corrected chi connectivity index (χ3v) is 4.75. The summed E-state index contributed by atoms with van der Waals surface area (Å²) in [5.74, 6) is -0.588. The van der Waals surface area contributed by atoms with Gasteiger partial charge in [-0.2, -0.15) is 0 Å². The van der Waals surface area contributed by atoms with Gasteiger partial charge in [-0.15, -0.1) is 0 Å². The normalized spacial score (nSPS) is 11.8. The first-order chi connectivity index (χ1) is 9.74. The van der Waals surface area contributed by atoms with Crippen molar-refractivity contribution in [2.24, 2.45) is 5.92 Å². The van der Waals surface area contributed by atoms with Crippen molar-refractivity contribution in [3.63, 3.8) is 0 Å². The number of rotatable bonds is 8. The summed E-state index contributed by atoms with van der Waals surface area (Å²) in [5.41, 5.74) is -0.118. The van der Waals surface area contributed by atoms with Crippen LogP contribution in [0.25, 0.3) is 0 Å². The van der Waals surface area contributed by atoms with Gasteiger partial charge < -0.3 is 5.11 Å². The third-order valence-electron chi connectivity index (χ3n) is 2.98. The minimum Gasteiger partial charge on any atom is -0.478 e. The molecule has 0 amide bonds. The topological polar surface area (TPSA) is 83.5 Å². The Labute approximate surface area is 130 Å². The minimum absolute atomic E-state index is 0.0265. The largest absolute Gasteiger partial charge is 0.478 e. The molecule has 0 saturated carbocycles. The van der Waals surface area contributed by atoms with E-state index in [1.54, 1.807) is 0 Å². The van der Waals surface area contributed by atoms with Crippen molar-refractivity contribution < 1.29 is 18.3 Å². The lowest BCUT2D eigenvalue weighted by atomic mass is 10.1. The molecule has 1 aromatic rings. The first-order valence-electron chi connectivity index (χ1n) is 6.76. The Bertz CT molecular complexity index is 599. The fraction of sp³-hybridized carbons (Fsp3) is 0.500. The molecule has 0 unspecified atom stereocenters. The van der Waals surface area contributed by atoms with Crippen LogP contribution in [-0.4, -0.2) is 26.0 Å². The van der Waals surface area contributed by atoms with Crippen molar-refractivity contribution in [1.82, 2.24) is 4.72 Å². The van der Waals surface area contributed by atoms with Crippen molar-refractivity contribution in [3.05, 3.63) is 28.8 Å². The van der Waals surface area contributed by atoms with E-state index in [0.29, 0.717) is 12.5 Å². The number of carbonyl (C=O) groups is 1. The molecule has 0 spiro atoms. The number of carboxylic acid groups (broad SMARTS) is 1. The molecule has 0 saturated heterocycles. The standard InChI is InChI=1S/C14H20ClNO4S/c1-10(2)5-3-4-8-16-21(19,20)11-6-7-12(14(17)18)13(15)9-11/h6-7,9-10,16H,3-5,8H2,1-2H3,(H,17,18). The zero-order chi connectivity index (χ0) is 16.0. The van der Waals surface area contributed by atoms with Gasteiger partial charge in [0.05, 0.1) is 15.5 Å². The number of halogens is 1. The van der Waals surface area contributed by atoms with Gasteiger partial charge >= 0.3 is 5.97 Å². The van der Waals surface area contributed by atoms with Crippen LogP contribution in [-0.2, 0) is 10.0 Å². The van der Waals surface area contributed by atoms with Crippen molar-refractivity contribution >= 4 is 27.6 Å². The molecule has 0 fully saturated rings. The Morgan fingerprint density at radius 1 is 1.33 bits per heavy atom. The van der Waals surface area contributed by atoms with Crippen molar-refractivity contribution in [1.29, 1.82) is 0 Å². The van der Waals surface area contributed by atoms with Crippen LogP contribution in [0, 0.1) is 5.92 Å². The number of nitrogens with one attached hydrogen (secondary N) is 1. The first kappa shape index (κ1) is 17.9. The van der Waals surface area contributed by atoms with Gasteiger partial charge in [0.15, 0.2) is 0 Å². The number of benzene rings is 1. The second kappa shape index (κ2) is 7.77. The third kappa shape index (κ3) is 5.65. The number of carboxylic acids is 1. The average molecular weight is 334 g/mol. The van der Waals surface area contributed by atoms with Gasteiger partial charge in [-0.25, -0.2) is 17.9 Å². The predicted octanol–water partition coefficient (Wildman–Crippen LogP) is 3.14. The molecule has 0 aliphatic rings. The highest BCUT2D eigenvalue weighted by atomic mass is 35.5. The van der Waals surface area contributed by atoms with E-state index in [2.05, 4.69) is 18.6 Å². The predicted molar refractivity (Wildman–Crippen MR) is 82.3 cm³/mol. The molecule has 0 atom stereocenters. The molecule has 1 aromatic carbocycles. The van der Waals surface area contributed by atoms with E-state index in [0.717, 1.165) is 25.3 Å². The molecule has 5 nitrogen and oxygen atoms in total. The van der Waals surface area contributed by atoms with E-state index in [-0.39, 0.29) is 15.5 Å². The van der Waals surface area contributed by atoms with Gasteiger partial charge in [-0.05, 0) is 30.5 Å². The molecule has 0 aliphatic heterocycles. The van der Waals surface area contributed by atoms with Crippen LogP contribution in [0.2, 0.25) is 5.02 Å². The number of aromatic carboxylic acids is 1. The molecular formula is C14H20ClNO4S. The van der Waals surface area contributed by atoms with E-state index in [4.69, 9.17) is 16.7 Å². The Kier molecular flexibility index (Phi) is 6.64. The lowest BCUT2D eigenvalue weighted by molar-refractivity contribution is 0.0697. The van der Waals surface area contributed by atoms with Gasteiger partial charge in [0.1, 0.15) is 0 Å². The fourth-order valence-electron chi connectivity index (χ4n) is 1.80. The molecule has 0 radical (unpaired) electrons. The zero-order valence-electron chi connectivity index (χ0n) is 12.1. The summed E-state index contributed by atoms with van der Waals surface area (Å²) in [6.07, 6.45) is 2.78. The fourth-order valence-corrected chi connectivity index (χ4v) is 3.23. The van der Waals surface area contributed by atoms with Gasteiger partial charge in [0, 0.05) is 6.54 Å². The molecule has 21 heavy (non-hydrogen) atoms. The maximum absolute atomic E-state index is 12.0. The SMILES string of the molecule is CC(C)CCCCNS(=O)(=O)c1ccc(C(=O)O)c(Cl)c1. The molecule has 0 heterocycles.